The Bertz CT molecular complexity index is 1270. The van der Waals surface area contributed by atoms with Gasteiger partial charge in [-0.05, 0) is 61.9 Å². The Morgan fingerprint density at radius 2 is 1.85 bits per heavy atom. The number of nitrogens with one attached hydrogen (secondary N) is 1. The Hall–Kier alpha value is -3.40. The molecule has 0 aliphatic heterocycles. The van der Waals surface area contributed by atoms with Crippen molar-refractivity contribution < 1.29 is 14.3 Å². The molecule has 0 aliphatic rings. The molecule has 0 fully saturated rings. The number of nitrogens with zero attached hydrogens (tertiary/aromatic N) is 2. The largest absolute Gasteiger partial charge is 0.497 e. The zero-order valence-electron chi connectivity index (χ0n) is 18.7. The van der Waals surface area contributed by atoms with E-state index in [1.165, 1.54) is 0 Å². The van der Waals surface area contributed by atoms with Crippen LogP contribution in [0.4, 0.5) is 0 Å². The number of halogens is 2. The fourth-order valence-corrected chi connectivity index (χ4v) is 3.82. The molecule has 6 nitrogen and oxygen atoms in total. The SMILES string of the molecule is COc1ccc(CNC(=O)/C(C#N)=C/c2cc(C)n(-c3ccc(Cl)c(Cl)c3)c2C)c(OC)c1. The number of nitriles is 1. The van der Waals surface area contributed by atoms with Crippen LogP contribution >= 0.6 is 23.2 Å². The summed E-state index contributed by atoms with van der Waals surface area (Å²) in [5, 5.41) is 13.3. The van der Waals surface area contributed by atoms with E-state index in [0.29, 0.717) is 21.5 Å². The normalized spacial score (nSPS) is 11.1. The monoisotopic (exact) mass is 483 g/mol. The lowest BCUT2D eigenvalue weighted by Crippen LogP contribution is -2.24. The second-order valence-corrected chi connectivity index (χ2v) is 8.10. The van der Waals surface area contributed by atoms with Crippen LogP contribution in [0.2, 0.25) is 10.0 Å². The lowest BCUT2D eigenvalue weighted by Gasteiger charge is -2.11. The van der Waals surface area contributed by atoms with Crippen molar-refractivity contribution in [1.29, 1.82) is 5.26 Å². The topological polar surface area (TPSA) is 76.3 Å². The highest BCUT2D eigenvalue weighted by molar-refractivity contribution is 6.42. The Morgan fingerprint density at radius 1 is 1.09 bits per heavy atom. The average molecular weight is 484 g/mol. The number of aromatic nitrogens is 1. The molecule has 2 aromatic carbocycles. The summed E-state index contributed by atoms with van der Waals surface area (Å²) in [4.78, 5) is 12.7. The van der Waals surface area contributed by atoms with Crippen LogP contribution in [0.25, 0.3) is 11.8 Å². The summed E-state index contributed by atoms with van der Waals surface area (Å²) in [6.07, 6.45) is 1.58. The van der Waals surface area contributed by atoms with Crippen molar-refractivity contribution in [3.05, 3.63) is 80.6 Å². The summed E-state index contributed by atoms with van der Waals surface area (Å²) in [6.45, 7) is 4.05. The summed E-state index contributed by atoms with van der Waals surface area (Å²) < 4.78 is 12.5. The molecular formula is C25H23Cl2N3O3. The van der Waals surface area contributed by atoms with Gasteiger partial charge in [-0.1, -0.05) is 23.2 Å². The smallest absolute Gasteiger partial charge is 0.262 e. The van der Waals surface area contributed by atoms with Crippen LogP contribution in [0.15, 0.2) is 48.0 Å². The van der Waals surface area contributed by atoms with E-state index < -0.39 is 5.91 Å². The average Bonchev–Trinajstić information content (AvgIpc) is 3.10. The number of hydrogen-bond acceptors (Lipinski definition) is 4. The van der Waals surface area contributed by atoms with Crippen molar-refractivity contribution in [1.82, 2.24) is 9.88 Å². The number of benzene rings is 2. The quantitative estimate of drug-likeness (QED) is 0.348. The van der Waals surface area contributed by atoms with Crippen molar-refractivity contribution >= 4 is 35.2 Å². The van der Waals surface area contributed by atoms with Gasteiger partial charge in [0.15, 0.2) is 0 Å². The van der Waals surface area contributed by atoms with Crippen LogP contribution in [0.5, 0.6) is 11.5 Å². The third-order valence-electron chi connectivity index (χ3n) is 5.23. The molecule has 33 heavy (non-hydrogen) atoms. The number of aryl methyl sites for hydroxylation is 1. The lowest BCUT2D eigenvalue weighted by atomic mass is 10.1. The Morgan fingerprint density at radius 3 is 2.48 bits per heavy atom. The molecule has 170 valence electrons. The van der Waals surface area contributed by atoms with E-state index in [4.69, 9.17) is 32.7 Å². The van der Waals surface area contributed by atoms with Gasteiger partial charge in [0.05, 0.1) is 24.3 Å². The molecule has 3 rings (SSSR count). The van der Waals surface area contributed by atoms with E-state index in [-0.39, 0.29) is 12.1 Å². The second-order valence-electron chi connectivity index (χ2n) is 7.29. The van der Waals surface area contributed by atoms with Gasteiger partial charge in [-0.3, -0.25) is 4.79 Å². The minimum absolute atomic E-state index is 0.00290. The molecule has 3 aromatic rings. The van der Waals surface area contributed by atoms with Crippen LogP contribution in [-0.4, -0.2) is 24.7 Å². The van der Waals surface area contributed by atoms with Crippen molar-refractivity contribution in [2.75, 3.05) is 14.2 Å². The fraction of sp³-hybridized carbons (Fsp3) is 0.200. The first kappa shape index (κ1) is 24.2. The number of carbonyl (C=O) groups excluding carboxylic acids is 1. The molecule has 0 saturated heterocycles. The highest BCUT2D eigenvalue weighted by Gasteiger charge is 2.15. The maximum atomic E-state index is 12.7. The van der Waals surface area contributed by atoms with Crippen molar-refractivity contribution in [2.45, 2.75) is 20.4 Å². The van der Waals surface area contributed by atoms with E-state index in [1.54, 1.807) is 50.6 Å². The second kappa shape index (κ2) is 10.5. The standard InChI is InChI=1S/C25H23Cl2N3O3/c1-15-9-18(16(2)30(15)20-6-8-22(26)23(27)11-20)10-19(13-28)25(31)29-14-17-5-7-21(32-3)12-24(17)33-4/h5-12H,14H2,1-4H3,(H,29,31)/b19-10+. The van der Waals surface area contributed by atoms with Crippen molar-refractivity contribution in [2.24, 2.45) is 0 Å². The van der Waals surface area contributed by atoms with E-state index >= 15 is 0 Å². The first-order valence-electron chi connectivity index (χ1n) is 10.0. The van der Waals surface area contributed by atoms with Gasteiger partial charge in [0.2, 0.25) is 0 Å². The number of hydrogen-bond donors (Lipinski definition) is 1. The summed E-state index contributed by atoms with van der Waals surface area (Å²) >= 11 is 12.2. The molecular weight excluding hydrogens is 461 g/mol. The third-order valence-corrected chi connectivity index (χ3v) is 5.97. The highest BCUT2D eigenvalue weighted by atomic mass is 35.5. The molecule has 0 saturated carbocycles. The summed E-state index contributed by atoms with van der Waals surface area (Å²) in [5.41, 5.74) is 4.15. The summed E-state index contributed by atoms with van der Waals surface area (Å²) in [5.74, 6) is 0.758. The van der Waals surface area contributed by atoms with Crippen LogP contribution in [-0.2, 0) is 11.3 Å². The molecule has 0 spiro atoms. The predicted molar refractivity (Wildman–Crippen MR) is 130 cm³/mol. The molecule has 0 unspecified atom stereocenters. The van der Waals surface area contributed by atoms with Crippen LogP contribution in [0, 0.1) is 25.2 Å². The van der Waals surface area contributed by atoms with Gasteiger partial charge >= 0.3 is 0 Å². The molecule has 0 atom stereocenters. The van der Waals surface area contributed by atoms with Gasteiger partial charge in [0, 0.05) is 35.2 Å². The number of methoxy groups -OCH3 is 2. The van der Waals surface area contributed by atoms with E-state index in [9.17, 15) is 10.1 Å². The lowest BCUT2D eigenvalue weighted by molar-refractivity contribution is -0.117. The minimum Gasteiger partial charge on any atom is -0.497 e. The molecule has 1 heterocycles. The number of rotatable bonds is 7. The van der Waals surface area contributed by atoms with E-state index in [2.05, 4.69) is 5.32 Å². The van der Waals surface area contributed by atoms with E-state index in [1.807, 2.05) is 36.6 Å². The van der Waals surface area contributed by atoms with Gasteiger partial charge < -0.3 is 19.4 Å². The maximum Gasteiger partial charge on any atom is 0.262 e. The van der Waals surface area contributed by atoms with Crippen molar-refractivity contribution in [3.8, 4) is 23.3 Å². The molecule has 0 radical (unpaired) electrons. The number of carbonyl (C=O) groups is 1. The van der Waals surface area contributed by atoms with Crippen LogP contribution in [0.3, 0.4) is 0 Å². The Balaban J connectivity index is 1.84. The third kappa shape index (κ3) is 5.33. The Kier molecular flexibility index (Phi) is 7.70. The van der Waals surface area contributed by atoms with Gasteiger partial charge in [0.1, 0.15) is 23.1 Å². The molecule has 1 amide bonds. The van der Waals surface area contributed by atoms with Crippen molar-refractivity contribution in [3.63, 3.8) is 0 Å². The first-order chi connectivity index (χ1) is 15.8. The number of amides is 1. The minimum atomic E-state index is -0.477. The summed E-state index contributed by atoms with van der Waals surface area (Å²) in [7, 11) is 3.11. The summed E-state index contributed by atoms with van der Waals surface area (Å²) in [6, 6.07) is 14.6. The molecule has 8 heteroatoms. The van der Waals surface area contributed by atoms with Gasteiger partial charge in [0.25, 0.3) is 5.91 Å². The zero-order chi connectivity index (χ0) is 24.1. The fourth-order valence-electron chi connectivity index (χ4n) is 3.53. The van der Waals surface area contributed by atoms with Gasteiger partial charge in [-0.2, -0.15) is 5.26 Å². The molecule has 0 aliphatic carbocycles. The first-order valence-corrected chi connectivity index (χ1v) is 10.8. The molecule has 1 N–H and O–H groups in total. The van der Waals surface area contributed by atoms with Gasteiger partial charge in [-0.25, -0.2) is 0 Å². The van der Waals surface area contributed by atoms with Crippen LogP contribution in [0.1, 0.15) is 22.5 Å². The predicted octanol–water partition coefficient (Wildman–Crippen LogP) is 5.64. The Labute approximate surface area is 202 Å². The maximum absolute atomic E-state index is 12.7. The van der Waals surface area contributed by atoms with Gasteiger partial charge in [-0.15, -0.1) is 0 Å². The number of ether oxygens (including phenoxy) is 2. The molecule has 1 aromatic heterocycles. The molecule has 0 bridgehead atoms. The zero-order valence-corrected chi connectivity index (χ0v) is 20.2. The van der Waals surface area contributed by atoms with E-state index in [0.717, 1.165) is 28.2 Å². The van der Waals surface area contributed by atoms with Crippen LogP contribution < -0.4 is 14.8 Å². The highest BCUT2D eigenvalue weighted by Crippen LogP contribution is 2.28.